The third kappa shape index (κ3) is 3.90. The van der Waals surface area contributed by atoms with Gasteiger partial charge in [-0.05, 0) is 42.2 Å². The highest BCUT2D eigenvalue weighted by Gasteiger charge is 2.11. The third-order valence-corrected chi connectivity index (χ3v) is 2.67. The number of likely N-dealkylation sites (N-methyl/N-ethyl adjacent to an activating group) is 2. The fourth-order valence-corrected chi connectivity index (χ4v) is 1.41. The highest BCUT2D eigenvalue weighted by molar-refractivity contribution is 9.10. The van der Waals surface area contributed by atoms with Crippen molar-refractivity contribution in [2.24, 2.45) is 0 Å². The van der Waals surface area contributed by atoms with Gasteiger partial charge in [0.25, 0.3) is 5.91 Å². The van der Waals surface area contributed by atoms with Crippen molar-refractivity contribution in [1.82, 2.24) is 14.8 Å². The van der Waals surface area contributed by atoms with Crippen molar-refractivity contribution < 1.29 is 4.79 Å². The Bertz CT molecular complexity index is 351. The molecule has 1 rings (SSSR count). The van der Waals surface area contributed by atoms with E-state index in [1.54, 1.807) is 30.3 Å². The van der Waals surface area contributed by atoms with Crippen molar-refractivity contribution in [3.8, 4) is 0 Å². The van der Waals surface area contributed by atoms with Crippen LogP contribution >= 0.6 is 15.9 Å². The number of rotatable bonds is 4. The lowest BCUT2D eigenvalue weighted by molar-refractivity contribution is 0.0786. The van der Waals surface area contributed by atoms with Crippen molar-refractivity contribution in [1.29, 1.82) is 0 Å². The number of aromatic nitrogens is 1. The van der Waals surface area contributed by atoms with Gasteiger partial charge in [0.15, 0.2) is 0 Å². The summed E-state index contributed by atoms with van der Waals surface area (Å²) in [6, 6.07) is 3.54. The summed E-state index contributed by atoms with van der Waals surface area (Å²) < 4.78 is 0.736. The SMILES string of the molecule is CN(C)CCN(C)C(=O)c1ccc(Br)nc1. The Morgan fingerprint density at radius 2 is 2.00 bits per heavy atom. The fourth-order valence-electron chi connectivity index (χ4n) is 1.17. The van der Waals surface area contributed by atoms with Gasteiger partial charge in [0.1, 0.15) is 4.60 Å². The maximum absolute atomic E-state index is 11.9. The monoisotopic (exact) mass is 285 g/mol. The van der Waals surface area contributed by atoms with Crippen LogP contribution in [0.3, 0.4) is 0 Å². The molecular formula is C11H16BrN3O. The average Bonchev–Trinajstić information content (AvgIpc) is 2.26. The molecule has 0 fully saturated rings. The predicted octanol–water partition coefficient (Wildman–Crippen LogP) is 1.48. The molecule has 1 heterocycles. The number of hydrogen-bond acceptors (Lipinski definition) is 3. The number of halogens is 1. The van der Waals surface area contributed by atoms with Crippen LogP contribution in [-0.2, 0) is 0 Å². The summed E-state index contributed by atoms with van der Waals surface area (Å²) >= 11 is 3.24. The van der Waals surface area contributed by atoms with Gasteiger partial charge in [0, 0.05) is 26.3 Å². The molecule has 0 spiro atoms. The van der Waals surface area contributed by atoms with Crippen molar-refractivity contribution in [2.75, 3.05) is 34.2 Å². The molecule has 0 aliphatic heterocycles. The van der Waals surface area contributed by atoms with Crippen molar-refractivity contribution in [2.45, 2.75) is 0 Å². The molecule has 0 N–H and O–H groups in total. The fraction of sp³-hybridized carbons (Fsp3) is 0.455. The van der Waals surface area contributed by atoms with E-state index in [0.29, 0.717) is 12.1 Å². The first-order chi connectivity index (χ1) is 7.50. The summed E-state index contributed by atoms with van der Waals surface area (Å²) in [6.45, 7) is 1.56. The Morgan fingerprint density at radius 1 is 1.31 bits per heavy atom. The van der Waals surface area contributed by atoms with Gasteiger partial charge in [0.05, 0.1) is 5.56 Å². The Labute approximate surface area is 104 Å². The summed E-state index contributed by atoms with van der Waals surface area (Å²) in [6.07, 6.45) is 1.58. The smallest absolute Gasteiger partial charge is 0.255 e. The van der Waals surface area contributed by atoms with Gasteiger partial charge in [-0.3, -0.25) is 4.79 Å². The highest BCUT2D eigenvalue weighted by Crippen LogP contribution is 2.08. The standard InChI is InChI=1S/C11H16BrN3O/c1-14(2)6-7-15(3)11(16)9-4-5-10(12)13-8-9/h4-5,8H,6-7H2,1-3H3. The topological polar surface area (TPSA) is 36.4 Å². The van der Waals surface area contributed by atoms with Crippen molar-refractivity contribution in [3.63, 3.8) is 0 Å². The molecule has 4 nitrogen and oxygen atoms in total. The summed E-state index contributed by atoms with van der Waals surface area (Å²) in [5.74, 6) is 0.00171. The van der Waals surface area contributed by atoms with Crippen LogP contribution in [0.25, 0.3) is 0 Å². The van der Waals surface area contributed by atoms with E-state index >= 15 is 0 Å². The molecule has 0 unspecified atom stereocenters. The summed E-state index contributed by atoms with van der Waals surface area (Å²) in [5.41, 5.74) is 0.615. The van der Waals surface area contributed by atoms with Gasteiger partial charge in [-0.25, -0.2) is 4.98 Å². The van der Waals surface area contributed by atoms with Crippen LogP contribution in [0.15, 0.2) is 22.9 Å². The molecule has 0 aliphatic rings. The second kappa shape index (κ2) is 5.96. The first-order valence-electron chi connectivity index (χ1n) is 5.02. The third-order valence-electron chi connectivity index (χ3n) is 2.20. The molecule has 0 saturated carbocycles. The van der Waals surface area contributed by atoms with E-state index in [-0.39, 0.29) is 5.91 Å². The normalized spacial score (nSPS) is 10.6. The van der Waals surface area contributed by atoms with Gasteiger partial charge in [0.2, 0.25) is 0 Å². The van der Waals surface area contributed by atoms with Gasteiger partial charge in [-0.1, -0.05) is 0 Å². The Morgan fingerprint density at radius 3 is 2.50 bits per heavy atom. The summed E-state index contributed by atoms with van der Waals surface area (Å²) in [4.78, 5) is 19.7. The Kier molecular flexibility index (Phi) is 4.89. The van der Waals surface area contributed by atoms with Crippen LogP contribution in [0.4, 0.5) is 0 Å². The molecule has 0 aliphatic carbocycles. The Hall–Kier alpha value is -0.940. The van der Waals surface area contributed by atoms with Gasteiger partial charge < -0.3 is 9.80 Å². The van der Waals surface area contributed by atoms with E-state index in [9.17, 15) is 4.79 Å². The average molecular weight is 286 g/mol. The van der Waals surface area contributed by atoms with Crippen molar-refractivity contribution >= 4 is 21.8 Å². The van der Waals surface area contributed by atoms with E-state index in [1.165, 1.54) is 0 Å². The molecule has 1 aromatic rings. The number of amides is 1. The van der Waals surface area contributed by atoms with Crippen LogP contribution in [-0.4, -0.2) is 54.9 Å². The molecule has 0 radical (unpaired) electrons. The maximum Gasteiger partial charge on any atom is 0.255 e. The first kappa shape index (κ1) is 13.1. The largest absolute Gasteiger partial charge is 0.340 e. The molecule has 0 atom stereocenters. The number of pyridine rings is 1. The van der Waals surface area contributed by atoms with E-state index in [2.05, 4.69) is 20.9 Å². The second-order valence-corrected chi connectivity index (χ2v) is 4.71. The minimum Gasteiger partial charge on any atom is -0.340 e. The zero-order valence-corrected chi connectivity index (χ0v) is 11.4. The molecule has 16 heavy (non-hydrogen) atoms. The quantitative estimate of drug-likeness (QED) is 0.787. The van der Waals surface area contributed by atoms with E-state index in [4.69, 9.17) is 0 Å². The zero-order chi connectivity index (χ0) is 12.1. The first-order valence-corrected chi connectivity index (χ1v) is 5.81. The summed E-state index contributed by atoms with van der Waals surface area (Å²) in [5, 5.41) is 0. The lowest BCUT2D eigenvalue weighted by Gasteiger charge is -2.19. The van der Waals surface area contributed by atoms with Gasteiger partial charge in [-0.15, -0.1) is 0 Å². The van der Waals surface area contributed by atoms with Crippen LogP contribution in [0, 0.1) is 0 Å². The zero-order valence-electron chi connectivity index (χ0n) is 9.77. The van der Waals surface area contributed by atoms with Crippen LogP contribution in [0.5, 0.6) is 0 Å². The minimum atomic E-state index is 0.00171. The molecule has 1 aromatic heterocycles. The van der Waals surface area contributed by atoms with Gasteiger partial charge in [-0.2, -0.15) is 0 Å². The highest BCUT2D eigenvalue weighted by atomic mass is 79.9. The number of carbonyl (C=O) groups excluding carboxylic acids is 1. The molecule has 88 valence electrons. The molecule has 5 heteroatoms. The van der Waals surface area contributed by atoms with E-state index in [0.717, 1.165) is 11.1 Å². The van der Waals surface area contributed by atoms with E-state index in [1.807, 2.05) is 19.0 Å². The molecular weight excluding hydrogens is 270 g/mol. The van der Waals surface area contributed by atoms with Crippen molar-refractivity contribution in [3.05, 3.63) is 28.5 Å². The predicted molar refractivity (Wildman–Crippen MR) is 67.5 cm³/mol. The molecule has 0 saturated heterocycles. The summed E-state index contributed by atoms with van der Waals surface area (Å²) in [7, 11) is 5.77. The maximum atomic E-state index is 11.9. The molecule has 1 amide bonds. The van der Waals surface area contributed by atoms with Crippen LogP contribution in [0.2, 0.25) is 0 Å². The lowest BCUT2D eigenvalue weighted by atomic mass is 10.2. The Balaban J connectivity index is 2.60. The van der Waals surface area contributed by atoms with Gasteiger partial charge >= 0.3 is 0 Å². The second-order valence-electron chi connectivity index (χ2n) is 3.90. The van der Waals surface area contributed by atoms with Crippen LogP contribution in [0.1, 0.15) is 10.4 Å². The van der Waals surface area contributed by atoms with E-state index < -0.39 is 0 Å². The van der Waals surface area contributed by atoms with Crippen LogP contribution < -0.4 is 0 Å². The number of carbonyl (C=O) groups is 1. The number of nitrogens with zero attached hydrogens (tertiary/aromatic N) is 3. The molecule has 0 bridgehead atoms. The minimum absolute atomic E-state index is 0.00171. The lowest BCUT2D eigenvalue weighted by Crippen LogP contribution is -2.33. The number of hydrogen-bond donors (Lipinski definition) is 0. The molecule has 0 aromatic carbocycles.